The summed E-state index contributed by atoms with van der Waals surface area (Å²) in [6.45, 7) is 0. The highest BCUT2D eigenvalue weighted by atomic mass is 32.1. The van der Waals surface area contributed by atoms with Gasteiger partial charge in [0.25, 0.3) is 0 Å². The zero-order valence-corrected chi connectivity index (χ0v) is 5.00. The van der Waals surface area contributed by atoms with Crippen molar-refractivity contribution in [2.24, 2.45) is 0 Å². The zero-order valence-electron chi connectivity index (χ0n) is 4.00. The van der Waals surface area contributed by atoms with Crippen LogP contribution < -0.4 is 0 Å². The van der Waals surface area contributed by atoms with Gasteiger partial charge in [0.15, 0.2) is 0 Å². The fourth-order valence-electron chi connectivity index (χ4n) is 0.215. The fourth-order valence-corrected chi connectivity index (χ4v) is 0.215. The number of halogens is 2. The van der Waals surface area contributed by atoms with Crippen molar-refractivity contribution in [2.75, 3.05) is 0 Å². The summed E-state index contributed by atoms with van der Waals surface area (Å²) in [6.07, 6.45) is 5.08. The summed E-state index contributed by atoms with van der Waals surface area (Å²) in [5.74, 6) is 0. The van der Waals surface area contributed by atoms with Gasteiger partial charge in [0, 0.05) is 12.4 Å². The van der Waals surface area contributed by atoms with E-state index in [9.17, 15) is 0 Å². The first-order valence-electron chi connectivity index (χ1n) is 1.43. The molecule has 0 fully saturated rings. The molecule has 0 unspecified atom stereocenters. The third kappa shape index (κ3) is 5.42. The van der Waals surface area contributed by atoms with Crippen LogP contribution in [0, 0.1) is 0 Å². The van der Waals surface area contributed by atoms with Gasteiger partial charge in [-0.15, -0.1) is 0 Å². The van der Waals surface area contributed by atoms with Crippen molar-refractivity contribution < 1.29 is 9.41 Å². The molecule has 5 heteroatoms. The van der Waals surface area contributed by atoms with E-state index < -0.39 is 0 Å². The quantitative estimate of drug-likeness (QED) is 0.571. The van der Waals surface area contributed by atoms with Crippen LogP contribution in [0.1, 0.15) is 0 Å². The van der Waals surface area contributed by atoms with Crippen molar-refractivity contribution in [1.82, 2.24) is 9.97 Å². The Kier molecular flexibility index (Phi) is 18.9. The lowest BCUT2D eigenvalue weighted by Gasteiger charge is -1.46. The number of hydrogen-bond donors (Lipinski definition) is 1. The van der Waals surface area contributed by atoms with E-state index in [1.54, 1.807) is 18.7 Å². The molecule has 0 spiro atoms. The first-order chi connectivity index (χ1) is 2.50. The van der Waals surface area contributed by atoms with Gasteiger partial charge in [-0.1, -0.05) is 0 Å². The smallest absolute Gasteiger partial charge is 0.0919 e. The average Bonchev–Trinajstić information content (AvgIpc) is 1.76. The zero-order chi connectivity index (χ0) is 3.54. The van der Waals surface area contributed by atoms with E-state index >= 15 is 0 Å². The standard InChI is InChI=1S/C3H4N2.2FH.H2S/c1-2-5-3-4-1;;;/h1-3H,(H,4,5);2*1H;1H2. The first kappa shape index (κ1) is 15.7. The summed E-state index contributed by atoms with van der Waals surface area (Å²) < 4.78 is 0. The largest absolute Gasteiger partial charge is 0.351 e. The number of imidazole rings is 1. The summed E-state index contributed by atoms with van der Waals surface area (Å²) in [6, 6.07) is 0. The molecule has 1 aromatic heterocycles. The number of H-pyrrole nitrogens is 1. The average molecular weight is 142 g/mol. The van der Waals surface area contributed by atoms with Crippen LogP contribution in [0.4, 0.5) is 9.41 Å². The SMILES string of the molecule is F.F.S.c1c[nH]cn1. The minimum absolute atomic E-state index is 0. The Bertz CT molecular complexity index is 71.8. The summed E-state index contributed by atoms with van der Waals surface area (Å²) >= 11 is 0. The molecule has 1 heterocycles. The van der Waals surface area contributed by atoms with E-state index in [1.807, 2.05) is 0 Å². The van der Waals surface area contributed by atoms with E-state index in [-0.39, 0.29) is 22.9 Å². The Balaban J connectivity index is -0.0000000833. The second-order valence-electron chi connectivity index (χ2n) is 0.761. The van der Waals surface area contributed by atoms with Crippen LogP contribution in [-0.4, -0.2) is 9.97 Å². The minimum Gasteiger partial charge on any atom is -0.351 e. The van der Waals surface area contributed by atoms with Gasteiger partial charge in [-0.2, -0.15) is 13.5 Å². The molecule has 0 amide bonds. The normalized spacial score (nSPS) is 5.00. The fraction of sp³-hybridized carbons (Fsp3) is 0. The van der Waals surface area contributed by atoms with Gasteiger partial charge in [-0.3, -0.25) is 9.41 Å². The summed E-state index contributed by atoms with van der Waals surface area (Å²) in [5, 5.41) is 0. The van der Waals surface area contributed by atoms with Crippen LogP contribution in [0.25, 0.3) is 0 Å². The topological polar surface area (TPSA) is 28.7 Å². The molecule has 0 aromatic carbocycles. The molecule has 0 saturated heterocycles. The molecule has 0 bridgehead atoms. The van der Waals surface area contributed by atoms with E-state index in [1.165, 1.54) is 0 Å². The molecule has 0 atom stereocenters. The van der Waals surface area contributed by atoms with E-state index in [0.717, 1.165) is 0 Å². The molecule has 0 aliphatic carbocycles. The van der Waals surface area contributed by atoms with Crippen molar-refractivity contribution in [3.05, 3.63) is 18.7 Å². The van der Waals surface area contributed by atoms with E-state index in [2.05, 4.69) is 9.97 Å². The molecular weight excluding hydrogens is 134 g/mol. The number of aromatic nitrogens is 2. The Morgan fingerprint density at radius 1 is 1.25 bits per heavy atom. The van der Waals surface area contributed by atoms with E-state index in [0.29, 0.717) is 0 Å². The molecule has 1 rings (SSSR count). The Hall–Kier alpha value is -0.580. The number of aromatic amines is 1. The van der Waals surface area contributed by atoms with Gasteiger partial charge >= 0.3 is 0 Å². The first-order valence-corrected chi connectivity index (χ1v) is 1.43. The lowest BCUT2D eigenvalue weighted by Crippen LogP contribution is -1.44. The molecule has 2 nitrogen and oxygen atoms in total. The lowest BCUT2D eigenvalue weighted by atomic mass is 11.0. The van der Waals surface area contributed by atoms with Gasteiger partial charge in [-0.25, -0.2) is 4.98 Å². The van der Waals surface area contributed by atoms with Crippen LogP contribution in [0.15, 0.2) is 18.7 Å². The van der Waals surface area contributed by atoms with Crippen LogP contribution in [0.3, 0.4) is 0 Å². The van der Waals surface area contributed by atoms with Crippen molar-refractivity contribution >= 4 is 13.5 Å². The summed E-state index contributed by atoms with van der Waals surface area (Å²) in [4.78, 5) is 6.42. The van der Waals surface area contributed by atoms with E-state index in [4.69, 9.17) is 0 Å². The predicted octanol–water partition coefficient (Wildman–Crippen LogP) is 0.827. The molecule has 8 heavy (non-hydrogen) atoms. The van der Waals surface area contributed by atoms with Crippen molar-refractivity contribution in [3.63, 3.8) is 0 Å². The highest BCUT2D eigenvalue weighted by Gasteiger charge is 1.56. The lowest BCUT2D eigenvalue weighted by molar-refractivity contribution is 1.11. The second kappa shape index (κ2) is 9.65. The molecule has 0 aliphatic heterocycles. The molecule has 1 N–H and O–H groups in total. The van der Waals surface area contributed by atoms with Crippen LogP contribution in [0.2, 0.25) is 0 Å². The highest BCUT2D eigenvalue weighted by Crippen LogP contribution is 1.62. The van der Waals surface area contributed by atoms with Gasteiger partial charge in [0.1, 0.15) is 0 Å². The Morgan fingerprint density at radius 2 is 1.88 bits per heavy atom. The monoisotopic (exact) mass is 142 g/mol. The number of hydrogen-bond acceptors (Lipinski definition) is 1. The minimum atomic E-state index is 0. The van der Waals surface area contributed by atoms with Crippen molar-refractivity contribution in [1.29, 1.82) is 0 Å². The number of nitrogens with zero attached hydrogens (tertiary/aromatic N) is 1. The second-order valence-corrected chi connectivity index (χ2v) is 0.761. The molecule has 0 aliphatic rings. The maximum absolute atomic E-state index is 3.67. The molecular formula is C3H8F2N2S. The molecule has 50 valence electrons. The third-order valence-electron chi connectivity index (χ3n) is 0.406. The van der Waals surface area contributed by atoms with Gasteiger partial charge in [0.2, 0.25) is 0 Å². The highest BCUT2D eigenvalue weighted by molar-refractivity contribution is 7.59. The van der Waals surface area contributed by atoms with Gasteiger partial charge in [0.05, 0.1) is 6.33 Å². The predicted molar refractivity (Wildman–Crippen MR) is 34.0 cm³/mol. The van der Waals surface area contributed by atoms with Crippen molar-refractivity contribution in [2.45, 2.75) is 0 Å². The number of rotatable bonds is 0. The Morgan fingerprint density at radius 3 is 2.00 bits per heavy atom. The van der Waals surface area contributed by atoms with Crippen LogP contribution >= 0.6 is 13.5 Å². The molecule has 0 saturated carbocycles. The third-order valence-corrected chi connectivity index (χ3v) is 0.406. The van der Waals surface area contributed by atoms with Crippen molar-refractivity contribution in [3.8, 4) is 0 Å². The van der Waals surface area contributed by atoms with Gasteiger partial charge < -0.3 is 4.98 Å². The van der Waals surface area contributed by atoms with Crippen LogP contribution in [-0.2, 0) is 0 Å². The van der Waals surface area contributed by atoms with Crippen LogP contribution in [0.5, 0.6) is 0 Å². The molecule has 0 radical (unpaired) electrons. The summed E-state index contributed by atoms with van der Waals surface area (Å²) in [5.41, 5.74) is 0. The maximum Gasteiger partial charge on any atom is 0.0919 e. The summed E-state index contributed by atoms with van der Waals surface area (Å²) in [7, 11) is 0. The Labute approximate surface area is 52.5 Å². The molecule has 1 aromatic rings. The maximum atomic E-state index is 3.67. The number of nitrogens with one attached hydrogen (secondary N) is 1. The van der Waals surface area contributed by atoms with Gasteiger partial charge in [-0.05, 0) is 0 Å².